The predicted octanol–water partition coefficient (Wildman–Crippen LogP) is 4.08. The lowest BCUT2D eigenvalue weighted by molar-refractivity contribution is -0.139. The first-order chi connectivity index (χ1) is 11.4. The van der Waals surface area contributed by atoms with Crippen molar-refractivity contribution < 1.29 is 27.8 Å². The van der Waals surface area contributed by atoms with Crippen molar-refractivity contribution in [1.82, 2.24) is 4.90 Å². The van der Waals surface area contributed by atoms with Gasteiger partial charge in [0.05, 0.1) is 5.56 Å². The molecule has 1 aromatic rings. The monoisotopic (exact) mass is 381 g/mol. The molecule has 0 spiro atoms. The molecule has 2 rings (SSSR count). The molecule has 0 saturated carbocycles. The van der Waals surface area contributed by atoms with Crippen LogP contribution in [0.3, 0.4) is 0 Å². The minimum absolute atomic E-state index is 0. The number of nitrogens with zero attached hydrogens (tertiary/aromatic N) is 1. The summed E-state index contributed by atoms with van der Waals surface area (Å²) in [6, 6.07) is 5.20. The van der Waals surface area contributed by atoms with Crippen molar-refractivity contribution in [1.29, 1.82) is 0 Å². The van der Waals surface area contributed by atoms with Crippen LogP contribution in [-0.2, 0) is 11.0 Å². The molecule has 0 amide bonds. The summed E-state index contributed by atoms with van der Waals surface area (Å²) in [5.74, 6) is -0.747. The van der Waals surface area contributed by atoms with Gasteiger partial charge in [0, 0.05) is 13.0 Å². The van der Waals surface area contributed by atoms with E-state index in [2.05, 4.69) is 4.90 Å². The molecule has 142 valence electrons. The van der Waals surface area contributed by atoms with E-state index in [4.69, 9.17) is 9.84 Å². The standard InChI is InChI=1S/C17H22F3NO3.ClH/c18-17(19,20)14-5-1-2-6-15(14)24-11-10-21-8-3-4-13(7-9-21)12-16(22)23;/h1-2,5-6,13H,3-4,7-12H2,(H,22,23);1H. The zero-order valence-electron chi connectivity index (χ0n) is 13.8. The van der Waals surface area contributed by atoms with Crippen molar-refractivity contribution in [3.05, 3.63) is 29.8 Å². The first-order valence-electron chi connectivity index (χ1n) is 8.09. The number of likely N-dealkylation sites (tertiary alicyclic amines) is 1. The molecule has 1 heterocycles. The van der Waals surface area contributed by atoms with Crippen LogP contribution >= 0.6 is 12.4 Å². The van der Waals surface area contributed by atoms with E-state index in [0.29, 0.717) is 6.54 Å². The Morgan fingerprint density at radius 3 is 2.64 bits per heavy atom. The number of carbonyl (C=O) groups is 1. The second-order valence-corrected chi connectivity index (χ2v) is 6.08. The number of hydrogen-bond acceptors (Lipinski definition) is 3. The summed E-state index contributed by atoms with van der Waals surface area (Å²) < 4.78 is 44.0. The predicted molar refractivity (Wildman–Crippen MR) is 90.2 cm³/mol. The fourth-order valence-corrected chi connectivity index (χ4v) is 3.01. The average molecular weight is 382 g/mol. The molecule has 0 radical (unpaired) electrons. The Hall–Kier alpha value is -1.47. The molecular weight excluding hydrogens is 359 g/mol. The zero-order chi connectivity index (χ0) is 17.6. The van der Waals surface area contributed by atoms with Crippen molar-refractivity contribution in [2.75, 3.05) is 26.2 Å². The number of halogens is 4. The highest BCUT2D eigenvalue weighted by atomic mass is 35.5. The van der Waals surface area contributed by atoms with E-state index < -0.39 is 17.7 Å². The molecule has 4 nitrogen and oxygen atoms in total. The summed E-state index contributed by atoms with van der Waals surface area (Å²) in [5.41, 5.74) is -0.762. The van der Waals surface area contributed by atoms with Gasteiger partial charge in [-0.2, -0.15) is 13.2 Å². The summed E-state index contributed by atoms with van der Waals surface area (Å²) in [7, 11) is 0. The highest BCUT2D eigenvalue weighted by molar-refractivity contribution is 5.85. The molecule has 1 unspecified atom stereocenters. The third-order valence-corrected chi connectivity index (χ3v) is 4.26. The number of ether oxygens (including phenoxy) is 1. The summed E-state index contributed by atoms with van der Waals surface area (Å²) in [6.45, 7) is 2.28. The van der Waals surface area contributed by atoms with Gasteiger partial charge < -0.3 is 9.84 Å². The van der Waals surface area contributed by atoms with E-state index in [1.165, 1.54) is 18.2 Å². The Balaban J connectivity index is 0.00000312. The van der Waals surface area contributed by atoms with Crippen LogP contribution in [0.4, 0.5) is 13.2 Å². The lowest BCUT2D eigenvalue weighted by Crippen LogP contribution is -2.29. The Labute approximate surface area is 151 Å². The van der Waals surface area contributed by atoms with E-state index in [0.717, 1.165) is 38.4 Å². The molecule has 25 heavy (non-hydrogen) atoms. The average Bonchev–Trinajstić information content (AvgIpc) is 2.72. The number of hydrogen-bond donors (Lipinski definition) is 1. The summed E-state index contributed by atoms with van der Waals surface area (Å²) in [5, 5.41) is 8.86. The van der Waals surface area contributed by atoms with Gasteiger partial charge in [-0.3, -0.25) is 9.69 Å². The SMILES string of the molecule is Cl.O=C(O)CC1CCCN(CCOc2ccccc2C(F)(F)F)CC1. The second kappa shape index (κ2) is 9.87. The van der Waals surface area contributed by atoms with Gasteiger partial charge in [-0.1, -0.05) is 12.1 Å². The van der Waals surface area contributed by atoms with E-state index in [9.17, 15) is 18.0 Å². The van der Waals surface area contributed by atoms with Crippen LogP contribution in [0.2, 0.25) is 0 Å². The van der Waals surface area contributed by atoms with Crippen LogP contribution in [0.25, 0.3) is 0 Å². The minimum atomic E-state index is -4.43. The molecule has 1 aliphatic rings. The van der Waals surface area contributed by atoms with Crippen LogP contribution in [0.15, 0.2) is 24.3 Å². The van der Waals surface area contributed by atoms with Crippen molar-refractivity contribution in [2.45, 2.75) is 31.9 Å². The fourth-order valence-electron chi connectivity index (χ4n) is 3.01. The third kappa shape index (κ3) is 7.12. The van der Waals surface area contributed by atoms with Crippen molar-refractivity contribution in [2.24, 2.45) is 5.92 Å². The van der Waals surface area contributed by atoms with Gasteiger partial charge >= 0.3 is 12.1 Å². The number of aliphatic carboxylic acids is 1. The number of benzene rings is 1. The number of carboxylic acids is 1. The second-order valence-electron chi connectivity index (χ2n) is 6.08. The highest BCUT2D eigenvalue weighted by Gasteiger charge is 2.34. The number of carboxylic acid groups (broad SMARTS) is 1. The van der Waals surface area contributed by atoms with Gasteiger partial charge in [0.15, 0.2) is 0 Å². The maximum absolute atomic E-state index is 12.9. The third-order valence-electron chi connectivity index (χ3n) is 4.26. The maximum atomic E-state index is 12.9. The van der Waals surface area contributed by atoms with E-state index >= 15 is 0 Å². The molecule has 1 atom stereocenters. The van der Waals surface area contributed by atoms with Gasteiger partial charge in [-0.05, 0) is 50.4 Å². The van der Waals surface area contributed by atoms with Crippen LogP contribution in [-0.4, -0.2) is 42.2 Å². The summed E-state index contributed by atoms with van der Waals surface area (Å²) in [4.78, 5) is 12.9. The Kier molecular flexibility index (Phi) is 8.52. The number of para-hydroxylation sites is 1. The quantitative estimate of drug-likeness (QED) is 0.806. The first-order valence-corrected chi connectivity index (χ1v) is 8.09. The lowest BCUT2D eigenvalue weighted by atomic mass is 9.97. The number of rotatable bonds is 6. The first kappa shape index (κ1) is 21.6. The smallest absolute Gasteiger partial charge is 0.419 e. The molecule has 1 aliphatic heterocycles. The van der Waals surface area contributed by atoms with E-state index in [-0.39, 0.29) is 37.1 Å². The minimum Gasteiger partial charge on any atom is -0.492 e. The molecular formula is C17H23ClF3NO3. The molecule has 0 aliphatic carbocycles. The zero-order valence-corrected chi connectivity index (χ0v) is 14.6. The maximum Gasteiger partial charge on any atom is 0.419 e. The molecule has 8 heteroatoms. The van der Waals surface area contributed by atoms with Gasteiger partial charge in [-0.25, -0.2) is 0 Å². The topological polar surface area (TPSA) is 49.8 Å². The van der Waals surface area contributed by atoms with Crippen LogP contribution in [0.5, 0.6) is 5.75 Å². The Morgan fingerprint density at radius 1 is 1.24 bits per heavy atom. The van der Waals surface area contributed by atoms with Gasteiger partial charge in [0.2, 0.25) is 0 Å². The molecule has 0 aromatic heterocycles. The van der Waals surface area contributed by atoms with Crippen molar-refractivity contribution in [3.8, 4) is 5.75 Å². The van der Waals surface area contributed by atoms with E-state index in [1.807, 2.05) is 0 Å². The largest absolute Gasteiger partial charge is 0.492 e. The van der Waals surface area contributed by atoms with Crippen LogP contribution in [0, 0.1) is 5.92 Å². The number of alkyl halides is 3. The normalized spacial score (nSPS) is 18.9. The van der Waals surface area contributed by atoms with E-state index in [1.54, 1.807) is 0 Å². The Bertz CT molecular complexity index is 554. The van der Waals surface area contributed by atoms with Crippen molar-refractivity contribution >= 4 is 18.4 Å². The molecule has 0 bridgehead atoms. The molecule has 1 N–H and O–H groups in total. The molecule has 1 fully saturated rings. The molecule has 1 aromatic carbocycles. The lowest BCUT2D eigenvalue weighted by Gasteiger charge is -2.21. The summed E-state index contributed by atoms with van der Waals surface area (Å²) in [6.07, 6.45) is -1.67. The molecule has 1 saturated heterocycles. The van der Waals surface area contributed by atoms with Gasteiger partial charge in [-0.15, -0.1) is 12.4 Å². The van der Waals surface area contributed by atoms with Crippen LogP contribution in [0.1, 0.15) is 31.2 Å². The van der Waals surface area contributed by atoms with Crippen molar-refractivity contribution in [3.63, 3.8) is 0 Å². The van der Waals surface area contributed by atoms with Gasteiger partial charge in [0.25, 0.3) is 0 Å². The summed E-state index contributed by atoms with van der Waals surface area (Å²) >= 11 is 0. The Morgan fingerprint density at radius 2 is 1.96 bits per heavy atom. The van der Waals surface area contributed by atoms with Crippen LogP contribution < -0.4 is 4.74 Å². The highest BCUT2D eigenvalue weighted by Crippen LogP contribution is 2.35. The van der Waals surface area contributed by atoms with Gasteiger partial charge in [0.1, 0.15) is 12.4 Å². The fraction of sp³-hybridized carbons (Fsp3) is 0.588.